The number of hydrogen-bond acceptors (Lipinski definition) is 3. The highest BCUT2D eigenvalue weighted by Gasteiger charge is 1.75. The average molecular weight is 269 g/mol. The summed E-state index contributed by atoms with van der Waals surface area (Å²) in [5.41, 5.74) is 0. The Labute approximate surface area is 120 Å². The Balaban J connectivity index is 0.000000251. The second-order valence-electron chi connectivity index (χ2n) is 3.62. The minimum absolute atomic E-state index is 0.322. The topological polar surface area (TPSA) is 64.2 Å². The number of rotatable bonds is 0. The maximum absolute atomic E-state index is 8.63. The first-order valence-electron chi connectivity index (χ1n) is 6.21. The lowest BCUT2D eigenvalue weighted by Crippen LogP contribution is -1.56. The highest BCUT2D eigenvalue weighted by atomic mass is 16.3. The van der Waals surface area contributed by atoms with Gasteiger partial charge in [-0.1, -0.05) is 66.8 Å². The van der Waals surface area contributed by atoms with E-state index in [2.05, 4.69) is 48.6 Å². The zero-order valence-electron chi connectivity index (χ0n) is 11.3. The normalized spacial score (nSPS) is 12.2. The molecule has 0 spiro atoms. The molecule has 0 fully saturated rings. The van der Waals surface area contributed by atoms with E-state index in [4.69, 9.17) is 15.5 Å². The van der Waals surface area contributed by atoms with Crippen molar-refractivity contribution in [3.63, 3.8) is 0 Å². The molecule has 0 amide bonds. The fourth-order valence-electron chi connectivity index (χ4n) is 1.21. The molecule has 1 aromatic rings. The van der Waals surface area contributed by atoms with Crippen molar-refractivity contribution >= 4 is 0 Å². The van der Waals surface area contributed by atoms with Crippen LogP contribution < -0.4 is 0 Å². The van der Waals surface area contributed by atoms with Crippen molar-refractivity contribution in [2.24, 2.45) is 0 Å². The van der Waals surface area contributed by atoms with E-state index in [1.807, 2.05) is 6.07 Å². The third kappa shape index (κ3) is 13.3. The Morgan fingerprint density at radius 2 is 1.15 bits per heavy atom. The molecule has 3 heteroatoms. The van der Waals surface area contributed by atoms with Gasteiger partial charge in [0.15, 0.2) is 0 Å². The standard InChI is InChI=1S/C6H6O.2C5H6.CHNO/c7-6-4-2-1-3-5-6;2*1-2-4-5-3-1;2-1-3/h1-5,7H;2*1-4H,5H2;3H. The van der Waals surface area contributed by atoms with Crippen molar-refractivity contribution in [1.82, 2.24) is 0 Å². The predicted octanol–water partition coefficient (Wildman–Crippen LogP) is 4.24. The molecule has 0 saturated heterocycles. The van der Waals surface area contributed by atoms with Crippen LogP contribution in [0.1, 0.15) is 12.8 Å². The van der Waals surface area contributed by atoms with Crippen molar-refractivity contribution in [2.75, 3.05) is 0 Å². The number of nitrogens with zero attached hydrogens (tertiary/aromatic N) is 1. The Hall–Kier alpha value is -2.73. The van der Waals surface area contributed by atoms with Crippen LogP contribution in [-0.2, 0) is 0 Å². The van der Waals surface area contributed by atoms with E-state index in [1.165, 1.54) is 0 Å². The third-order valence-electron chi connectivity index (χ3n) is 2.07. The van der Waals surface area contributed by atoms with Gasteiger partial charge in [-0.15, -0.1) is 0 Å². The smallest absolute Gasteiger partial charge is 0.283 e. The molecule has 104 valence electrons. The molecular formula is C17H19NO2. The van der Waals surface area contributed by atoms with Crippen molar-refractivity contribution < 1.29 is 10.2 Å². The Bertz CT molecular complexity index is 437. The van der Waals surface area contributed by atoms with Crippen LogP contribution in [-0.4, -0.2) is 10.2 Å². The number of aromatic hydroxyl groups is 1. The zero-order valence-corrected chi connectivity index (χ0v) is 11.3. The van der Waals surface area contributed by atoms with Gasteiger partial charge < -0.3 is 10.2 Å². The van der Waals surface area contributed by atoms with Crippen LogP contribution in [0.4, 0.5) is 0 Å². The van der Waals surface area contributed by atoms with E-state index in [0.29, 0.717) is 5.75 Å². The summed E-state index contributed by atoms with van der Waals surface area (Å²) >= 11 is 0. The van der Waals surface area contributed by atoms with Crippen LogP contribution in [0.5, 0.6) is 5.75 Å². The minimum Gasteiger partial charge on any atom is -0.508 e. The zero-order chi connectivity index (χ0) is 14.9. The molecule has 0 aliphatic heterocycles. The summed E-state index contributed by atoms with van der Waals surface area (Å²) < 4.78 is 0. The summed E-state index contributed by atoms with van der Waals surface area (Å²) in [4.78, 5) is 0. The summed E-state index contributed by atoms with van der Waals surface area (Å²) in [6.45, 7) is 0. The summed E-state index contributed by atoms with van der Waals surface area (Å²) in [5.74, 6) is 0.322. The number of phenolic OH excluding ortho intramolecular Hbond substituents is 1. The van der Waals surface area contributed by atoms with Gasteiger partial charge >= 0.3 is 0 Å². The summed E-state index contributed by atoms with van der Waals surface area (Å²) in [5, 5.41) is 22.4. The molecule has 2 N–H and O–H groups in total. The summed E-state index contributed by atoms with van der Waals surface area (Å²) in [6.07, 6.45) is 19.8. The van der Waals surface area contributed by atoms with E-state index in [0.717, 1.165) is 19.1 Å². The molecule has 2 aliphatic carbocycles. The maximum atomic E-state index is 8.63. The molecule has 0 atom stereocenters. The highest BCUT2D eigenvalue weighted by molar-refractivity contribution is 5.18. The largest absolute Gasteiger partial charge is 0.508 e. The Kier molecular flexibility index (Phi) is 12.4. The quantitative estimate of drug-likeness (QED) is 0.692. The number of benzene rings is 1. The van der Waals surface area contributed by atoms with Crippen LogP contribution in [0, 0.1) is 11.5 Å². The minimum atomic E-state index is 0.322. The van der Waals surface area contributed by atoms with Gasteiger partial charge in [0.1, 0.15) is 5.75 Å². The van der Waals surface area contributed by atoms with E-state index in [-0.39, 0.29) is 0 Å². The van der Waals surface area contributed by atoms with Crippen molar-refractivity contribution in [1.29, 1.82) is 5.26 Å². The predicted molar refractivity (Wildman–Crippen MR) is 81.4 cm³/mol. The first-order chi connectivity index (χ1) is 9.81. The lowest BCUT2D eigenvalue weighted by Gasteiger charge is -1.82. The first kappa shape index (κ1) is 17.3. The van der Waals surface area contributed by atoms with Crippen LogP contribution >= 0.6 is 0 Å². The first-order valence-corrected chi connectivity index (χ1v) is 6.21. The maximum Gasteiger partial charge on any atom is 0.283 e. The lowest BCUT2D eigenvalue weighted by molar-refractivity contribution is 0.475. The van der Waals surface area contributed by atoms with Gasteiger partial charge in [0.05, 0.1) is 0 Å². The molecule has 20 heavy (non-hydrogen) atoms. The van der Waals surface area contributed by atoms with Gasteiger partial charge in [0.25, 0.3) is 6.26 Å². The van der Waals surface area contributed by atoms with Crippen molar-refractivity contribution in [3.05, 3.63) is 78.9 Å². The Morgan fingerprint density at radius 1 is 0.800 bits per heavy atom. The molecule has 3 nitrogen and oxygen atoms in total. The van der Waals surface area contributed by atoms with E-state index >= 15 is 0 Å². The molecule has 0 saturated carbocycles. The van der Waals surface area contributed by atoms with E-state index in [9.17, 15) is 0 Å². The molecule has 2 aliphatic rings. The van der Waals surface area contributed by atoms with Gasteiger partial charge in [-0.05, 0) is 25.0 Å². The van der Waals surface area contributed by atoms with E-state index in [1.54, 1.807) is 24.3 Å². The highest BCUT2D eigenvalue weighted by Crippen LogP contribution is 2.02. The van der Waals surface area contributed by atoms with Crippen molar-refractivity contribution in [3.8, 4) is 12.0 Å². The Morgan fingerprint density at radius 3 is 1.30 bits per heavy atom. The van der Waals surface area contributed by atoms with Gasteiger partial charge in [-0.25, -0.2) is 0 Å². The number of aliphatic hydroxyl groups excluding tert-OH is 1. The second kappa shape index (κ2) is 14.3. The van der Waals surface area contributed by atoms with E-state index < -0.39 is 0 Å². The fraction of sp³-hybridized carbons (Fsp3) is 0.118. The average Bonchev–Trinajstić information content (AvgIpc) is 3.20. The van der Waals surface area contributed by atoms with Crippen molar-refractivity contribution in [2.45, 2.75) is 12.8 Å². The van der Waals surface area contributed by atoms with Gasteiger partial charge in [-0.2, -0.15) is 5.26 Å². The molecule has 0 unspecified atom stereocenters. The summed E-state index contributed by atoms with van der Waals surface area (Å²) in [7, 11) is 0. The fourth-order valence-corrected chi connectivity index (χ4v) is 1.21. The number of aliphatic hydroxyl groups is 1. The number of allylic oxidation sites excluding steroid dienone is 8. The molecule has 1 aromatic carbocycles. The van der Waals surface area contributed by atoms with Gasteiger partial charge in [0.2, 0.25) is 0 Å². The molecular weight excluding hydrogens is 250 g/mol. The van der Waals surface area contributed by atoms with Crippen LogP contribution in [0.3, 0.4) is 0 Å². The summed E-state index contributed by atoms with van der Waals surface area (Å²) in [6, 6.07) is 8.71. The van der Waals surface area contributed by atoms with Crippen LogP contribution in [0.15, 0.2) is 78.9 Å². The van der Waals surface area contributed by atoms with Crippen LogP contribution in [0.25, 0.3) is 0 Å². The molecule has 3 rings (SSSR count). The van der Waals surface area contributed by atoms with Crippen LogP contribution in [0.2, 0.25) is 0 Å². The SMILES string of the molecule is C1=CCC=C1.C1=CCC=C1.N#CO.Oc1ccccc1. The molecule has 0 aromatic heterocycles. The molecule has 0 bridgehead atoms. The number of phenols is 1. The molecule has 0 radical (unpaired) electrons. The third-order valence-corrected chi connectivity index (χ3v) is 2.07. The molecule has 0 heterocycles. The number of para-hydroxylation sites is 1. The number of nitriles is 1. The number of hydrogen-bond donors (Lipinski definition) is 2. The monoisotopic (exact) mass is 269 g/mol. The lowest BCUT2D eigenvalue weighted by atomic mass is 10.3. The van der Waals surface area contributed by atoms with Gasteiger partial charge in [-0.3, -0.25) is 0 Å². The second-order valence-corrected chi connectivity index (χ2v) is 3.62. The van der Waals surface area contributed by atoms with Gasteiger partial charge in [0, 0.05) is 0 Å².